The predicted octanol–water partition coefficient (Wildman–Crippen LogP) is 4.08. The fourth-order valence-corrected chi connectivity index (χ4v) is 3.76. The molecule has 0 aliphatic carbocycles. The molecule has 2 N–H and O–H groups in total. The highest BCUT2D eigenvalue weighted by molar-refractivity contribution is 5.92. The molecule has 194 valence electrons. The first-order chi connectivity index (χ1) is 17.4. The highest BCUT2D eigenvalue weighted by Crippen LogP contribution is 2.25. The Labute approximate surface area is 211 Å². The minimum atomic E-state index is -0.287. The van der Waals surface area contributed by atoms with Crippen molar-refractivity contribution in [3.05, 3.63) is 42.0 Å². The van der Waals surface area contributed by atoms with Gasteiger partial charge in [-0.05, 0) is 37.8 Å². The molecule has 0 fully saturated rings. The van der Waals surface area contributed by atoms with Crippen LogP contribution in [0.5, 0.6) is 0 Å². The first kappa shape index (κ1) is 27.1. The molecule has 36 heavy (non-hydrogen) atoms. The van der Waals surface area contributed by atoms with E-state index in [1.165, 1.54) is 6.20 Å². The van der Waals surface area contributed by atoms with Crippen molar-refractivity contribution in [1.29, 1.82) is 0 Å². The molecular weight excluding hydrogens is 460 g/mol. The summed E-state index contributed by atoms with van der Waals surface area (Å²) < 4.78 is 12.5. The molecule has 2 amide bonds. The smallest absolute Gasteiger partial charge is 0.289 e. The molecule has 2 heterocycles. The number of hydrogen-bond donors (Lipinski definition) is 2. The summed E-state index contributed by atoms with van der Waals surface area (Å²) in [5, 5.41) is 10.5. The minimum Gasteiger partial charge on any atom is -0.431 e. The molecular formula is C26H36N6O4. The average Bonchev–Trinajstić information content (AvgIpc) is 3.57. The van der Waals surface area contributed by atoms with Gasteiger partial charge in [0.1, 0.15) is 0 Å². The van der Waals surface area contributed by atoms with Gasteiger partial charge in [0.15, 0.2) is 5.82 Å². The monoisotopic (exact) mass is 496 g/mol. The molecule has 0 aliphatic heterocycles. The summed E-state index contributed by atoms with van der Waals surface area (Å²) in [4.78, 5) is 34.3. The summed E-state index contributed by atoms with van der Waals surface area (Å²) in [6, 6.07) is 7.50. The molecule has 2 aromatic heterocycles. The van der Waals surface area contributed by atoms with Crippen LogP contribution in [-0.2, 0) is 11.3 Å². The lowest BCUT2D eigenvalue weighted by Crippen LogP contribution is -2.35. The van der Waals surface area contributed by atoms with E-state index in [-0.39, 0.29) is 35.5 Å². The largest absolute Gasteiger partial charge is 0.431 e. The van der Waals surface area contributed by atoms with Crippen LogP contribution < -0.4 is 10.6 Å². The van der Waals surface area contributed by atoms with Crippen LogP contribution in [0.2, 0.25) is 0 Å². The van der Waals surface area contributed by atoms with Crippen molar-refractivity contribution < 1.29 is 18.7 Å². The molecule has 3 rings (SSSR count). The van der Waals surface area contributed by atoms with Gasteiger partial charge >= 0.3 is 0 Å². The zero-order valence-corrected chi connectivity index (χ0v) is 21.7. The SMILES string of the molecule is CCC(CC)NC(=O)c1cnc(-c2cccc(-c3nc(C(=O)NC(CC)CC)n(CCOC)n3)c2)o1. The van der Waals surface area contributed by atoms with Crippen molar-refractivity contribution >= 4 is 11.8 Å². The maximum Gasteiger partial charge on any atom is 0.289 e. The number of aromatic nitrogens is 4. The number of amides is 2. The lowest BCUT2D eigenvalue weighted by atomic mass is 10.1. The minimum absolute atomic E-state index is 0.0678. The number of carbonyl (C=O) groups is 2. The van der Waals surface area contributed by atoms with Crippen molar-refractivity contribution in [3.8, 4) is 22.8 Å². The van der Waals surface area contributed by atoms with E-state index in [1.54, 1.807) is 11.8 Å². The number of oxazole rings is 1. The second-order valence-corrected chi connectivity index (χ2v) is 8.56. The van der Waals surface area contributed by atoms with Crippen LogP contribution in [0.1, 0.15) is 74.6 Å². The lowest BCUT2D eigenvalue weighted by molar-refractivity contribution is 0.0902. The summed E-state index contributed by atoms with van der Waals surface area (Å²) in [6.07, 6.45) is 4.77. The zero-order valence-electron chi connectivity index (χ0n) is 21.7. The maximum atomic E-state index is 12.9. The van der Waals surface area contributed by atoms with Crippen LogP contribution in [0.15, 0.2) is 34.9 Å². The molecule has 0 spiro atoms. The van der Waals surface area contributed by atoms with Gasteiger partial charge in [0.25, 0.3) is 11.8 Å². The van der Waals surface area contributed by atoms with Gasteiger partial charge in [0.2, 0.25) is 17.5 Å². The van der Waals surface area contributed by atoms with Crippen LogP contribution in [-0.4, -0.2) is 57.4 Å². The van der Waals surface area contributed by atoms with Gasteiger partial charge in [-0.15, -0.1) is 0 Å². The Balaban J connectivity index is 1.87. The number of nitrogens with zero attached hydrogens (tertiary/aromatic N) is 4. The van der Waals surface area contributed by atoms with Crippen LogP contribution >= 0.6 is 0 Å². The van der Waals surface area contributed by atoms with E-state index in [4.69, 9.17) is 9.15 Å². The summed E-state index contributed by atoms with van der Waals surface area (Å²) in [5.74, 6) is 0.555. The van der Waals surface area contributed by atoms with Crippen molar-refractivity contribution in [2.45, 2.75) is 72.0 Å². The lowest BCUT2D eigenvalue weighted by Gasteiger charge is -2.14. The second-order valence-electron chi connectivity index (χ2n) is 8.56. The van der Waals surface area contributed by atoms with E-state index < -0.39 is 0 Å². The number of rotatable bonds is 13. The molecule has 0 atom stereocenters. The van der Waals surface area contributed by atoms with Crippen LogP contribution in [0.3, 0.4) is 0 Å². The van der Waals surface area contributed by atoms with Crippen molar-refractivity contribution in [2.75, 3.05) is 13.7 Å². The molecule has 0 saturated carbocycles. The van der Waals surface area contributed by atoms with E-state index in [9.17, 15) is 9.59 Å². The number of hydrogen-bond acceptors (Lipinski definition) is 7. The fourth-order valence-electron chi connectivity index (χ4n) is 3.76. The highest BCUT2D eigenvalue weighted by atomic mass is 16.5. The van der Waals surface area contributed by atoms with E-state index in [1.807, 2.05) is 52.0 Å². The van der Waals surface area contributed by atoms with Gasteiger partial charge in [-0.3, -0.25) is 9.59 Å². The third-order valence-electron chi connectivity index (χ3n) is 6.12. The summed E-state index contributed by atoms with van der Waals surface area (Å²) in [5.41, 5.74) is 1.37. The Morgan fingerprint density at radius 2 is 1.64 bits per heavy atom. The molecule has 0 unspecified atom stereocenters. The normalized spacial score (nSPS) is 11.3. The van der Waals surface area contributed by atoms with Crippen LogP contribution in [0, 0.1) is 0 Å². The number of carbonyl (C=O) groups excluding carboxylic acids is 2. The molecule has 0 radical (unpaired) electrons. The van der Waals surface area contributed by atoms with Gasteiger partial charge < -0.3 is 19.8 Å². The average molecular weight is 497 g/mol. The molecule has 0 bridgehead atoms. The van der Waals surface area contributed by atoms with Gasteiger partial charge in [0.05, 0.1) is 19.3 Å². The Morgan fingerprint density at radius 1 is 1.00 bits per heavy atom. The van der Waals surface area contributed by atoms with Crippen LogP contribution in [0.4, 0.5) is 0 Å². The van der Waals surface area contributed by atoms with Crippen molar-refractivity contribution in [1.82, 2.24) is 30.4 Å². The zero-order chi connectivity index (χ0) is 26.1. The van der Waals surface area contributed by atoms with Gasteiger partial charge in [0, 0.05) is 30.3 Å². The van der Waals surface area contributed by atoms with E-state index in [0.29, 0.717) is 36.0 Å². The molecule has 0 aliphatic rings. The van der Waals surface area contributed by atoms with Crippen molar-refractivity contribution in [2.24, 2.45) is 0 Å². The molecule has 0 saturated heterocycles. The van der Waals surface area contributed by atoms with E-state index >= 15 is 0 Å². The first-order valence-corrected chi connectivity index (χ1v) is 12.6. The molecule has 1 aromatic carbocycles. The van der Waals surface area contributed by atoms with Gasteiger partial charge in [-0.1, -0.05) is 39.8 Å². The van der Waals surface area contributed by atoms with Gasteiger partial charge in [-0.25, -0.2) is 14.6 Å². The molecule has 3 aromatic rings. The fraction of sp³-hybridized carbons (Fsp3) is 0.500. The number of benzene rings is 1. The van der Waals surface area contributed by atoms with Gasteiger partial charge in [-0.2, -0.15) is 5.10 Å². The Hall–Kier alpha value is -3.53. The quantitative estimate of drug-likeness (QED) is 0.365. The Kier molecular flexibility index (Phi) is 9.75. The first-order valence-electron chi connectivity index (χ1n) is 12.6. The second kappa shape index (κ2) is 13.0. The van der Waals surface area contributed by atoms with E-state index in [0.717, 1.165) is 25.7 Å². The maximum absolute atomic E-state index is 12.9. The topological polar surface area (TPSA) is 124 Å². The third-order valence-corrected chi connectivity index (χ3v) is 6.12. The predicted molar refractivity (Wildman–Crippen MR) is 137 cm³/mol. The Bertz CT molecular complexity index is 1150. The summed E-state index contributed by atoms with van der Waals surface area (Å²) in [7, 11) is 1.60. The number of ether oxygens (including phenoxy) is 1. The number of nitrogens with one attached hydrogen (secondary N) is 2. The molecule has 10 heteroatoms. The third kappa shape index (κ3) is 6.57. The summed E-state index contributed by atoms with van der Waals surface area (Å²) >= 11 is 0. The highest BCUT2D eigenvalue weighted by Gasteiger charge is 2.21. The number of methoxy groups -OCH3 is 1. The van der Waals surface area contributed by atoms with Crippen molar-refractivity contribution in [3.63, 3.8) is 0 Å². The molecule has 10 nitrogen and oxygen atoms in total. The standard InChI is InChI=1S/C26H36N6O4/c1-6-19(7-2)28-24(33)21-16-27-26(36-21)18-12-10-11-17(15-18)22-30-23(32(31-22)13-14-35-5)25(34)29-20(8-3)9-4/h10-12,15-16,19-20H,6-9,13-14H2,1-5H3,(H,28,33)(H,29,34). The summed E-state index contributed by atoms with van der Waals surface area (Å²) in [6.45, 7) is 8.90. The van der Waals surface area contributed by atoms with E-state index in [2.05, 4.69) is 25.7 Å². The van der Waals surface area contributed by atoms with Crippen LogP contribution in [0.25, 0.3) is 22.8 Å². The Morgan fingerprint density at radius 3 is 2.28 bits per heavy atom.